The zero-order valence-electron chi connectivity index (χ0n) is 25.4. The number of aryl methyl sites for hydroxylation is 2. The van der Waals surface area contributed by atoms with E-state index < -0.39 is 10.0 Å². The lowest BCUT2D eigenvalue weighted by atomic mass is 9.59. The highest BCUT2D eigenvalue weighted by atomic mass is 32.2. The van der Waals surface area contributed by atoms with E-state index in [0.29, 0.717) is 18.0 Å². The molecule has 0 atom stereocenters. The van der Waals surface area contributed by atoms with Crippen molar-refractivity contribution in [1.29, 1.82) is 0 Å². The van der Waals surface area contributed by atoms with Gasteiger partial charge in [-0.15, -0.1) is 0 Å². The number of fused-ring (bicyclic) bond motifs is 1. The Hall–Kier alpha value is -4.07. The zero-order valence-corrected chi connectivity index (χ0v) is 26.2. The first-order valence-corrected chi connectivity index (χ1v) is 16.4. The topological polar surface area (TPSA) is 52.7 Å². The van der Waals surface area contributed by atoms with Crippen LogP contribution in [-0.2, 0) is 29.7 Å². The molecular weight excluding hydrogens is 549 g/mol. The Kier molecular flexibility index (Phi) is 6.64. The predicted octanol–water partition coefficient (Wildman–Crippen LogP) is 6.91. The maximum absolute atomic E-state index is 13.7. The Labute approximate surface area is 255 Å². The molecule has 0 amide bonds. The van der Waals surface area contributed by atoms with Gasteiger partial charge in [-0.1, -0.05) is 66.2 Å². The highest BCUT2D eigenvalue weighted by Crippen LogP contribution is 2.41. The number of benzene rings is 5. The molecule has 7 rings (SSSR count). The second kappa shape index (κ2) is 10.3. The van der Waals surface area contributed by atoms with Gasteiger partial charge in [-0.3, -0.25) is 0 Å². The highest BCUT2D eigenvalue weighted by Gasteiger charge is 2.40. The van der Waals surface area contributed by atoms with Gasteiger partial charge in [0.15, 0.2) is 0 Å². The summed E-state index contributed by atoms with van der Waals surface area (Å²) in [6.07, 6.45) is 0. The third-order valence-corrected chi connectivity index (χ3v) is 11.3. The summed E-state index contributed by atoms with van der Waals surface area (Å²) in [5.74, 6) is 0. The van der Waals surface area contributed by atoms with Crippen molar-refractivity contribution >= 4 is 44.6 Å². The first-order valence-electron chi connectivity index (χ1n) is 14.9. The summed E-state index contributed by atoms with van der Waals surface area (Å²) in [5, 5.41) is 6.40. The fourth-order valence-electron chi connectivity index (χ4n) is 7.05. The van der Waals surface area contributed by atoms with Gasteiger partial charge in [0.1, 0.15) is 0 Å². The van der Waals surface area contributed by atoms with Crippen LogP contribution in [0.15, 0.2) is 89.8 Å². The molecule has 0 spiro atoms. The molecule has 0 bridgehead atoms. The molecule has 2 aliphatic heterocycles. The van der Waals surface area contributed by atoms with E-state index in [1.165, 1.54) is 49.7 Å². The molecule has 5 aromatic rings. The van der Waals surface area contributed by atoms with Crippen LogP contribution in [0.5, 0.6) is 0 Å². The molecule has 0 unspecified atom stereocenters. The molecule has 5 nitrogen and oxygen atoms in total. The molecule has 1 N–H and O–H groups in total. The molecule has 43 heavy (non-hydrogen) atoms. The minimum absolute atomic E-state index is 0.119. The maximum Gasteiger partial charge on any atom is 0.409 e. The Morgan fingerprint density at radius 3 is 2.16 bits per heavy atom. The van der Waals surface area contributed by atoms with Crippen LogP contribution in [0.2, 0.25) is 0 Å². The first-order chi connectivity index (χ1) is 20.6. The number of nitrogens with zero attached hydrogens (tertiary/aromatic N) is 2. The van der Waals surface area contributed by atoms with Crippen LogP contribution in [0.3, 0.4) is 0 Å². The molecule has 0 aromatic heterocycles. The van der Waals surface area contributed by atoms with Crippen molar-refractivity contribution in [3.8, 4) is 0 Å². The van der Waals surface area contributed by atoms with Gasteiger partial charge in [-0.25, -0.2) is 8.42 Å². The van der Waals surface area contributed by atoms with Crippen LogP contribution in [0.1, 0.15) is 44.5 Å². The van der Waals surface area contributed by atoms with Crippen LogP contribution < -0.4 is 15.5 Å². The predicted molar refractivity (Wildman–Crippen MR) is 179 cm³/mol. The Bertz CT molecular complexity index is 2010. The van der Waals surface area contributed by atoms with Gasteiger partial charge in [-0.2, -0.15) is 4.31 Å². The minimum Gasteiger partial charge on any atom is -0.405 e. The van der Waals surface area contributed by atoms with Crippen molar-refractivity contribution in [2.24, 2.45) is 0 Å². The van der Waals surface area contributed by atoms with E-state index in [-0.39, 0.29) is 6.98 Å². The molecule has 2 aliphatic rings. The Morgan fingerprint density at radius 1 is 0.744 bits per heavy atom. The second-order valence-electron chi connectivity index (χ2n) is 12.2. The average Bonchev–Trinajstić information content (AvgIpc) is 3.46. The normalized spacial score (nSPS) is 14.7. The number of sulfonamides is 1. The summed E-state index contributed by atoms with van der Waals surface area (Å²) in [5.41, 5.74) is 12.9. The van der Waals surface area contributed by atoms with E-state index in [0.717, 1.165) is 28.9 Å². The Morgan fingerprint density at radius 2 is 1.44 bits per heavy atom. The van der Waals surface area contributed by atoms with Gasteiger partial charge in [0.05, 0.1) is 4.90 Å². The van der Waals surface area contributed by atoms with Crippen molar-refractivity contribution in [2.45, 2.75) is 59.1 Å². The van der Waals surface area contributed by atoms with Crippen LogP contribution in [0.25, 0.3) is 10.8 Å². The van der Waals surface area contributed by atoms with E-state index in [9.17, 15) is 8.42 Å². The van der Waals surface area contributed by atoms with E-state index >= 15 is 0 Å². The van der Waals surface area contributed by atoms with Crippen LogP contribution in [-0.4, -0.2) is 19.7 Å². The van der Waals surface area contributed by atoms with Crippen molar-refractivity contribution in [3.05, 3.63) is 129 Å². The third-order valence-electron chi connectivity index (χ3n) is 9.45. The summed E-state index contributed by atoms with van der Waals surface area (Å²) in [7, 11) is -3.62. The smallest absolute Gasteiger partial charge is 0.405 e. The van der Waals surface area contributed by atoms with Crippen LogP contribution >= 0.6 is 0 Å². The molecule has 0 fully saturated rings. The number of hydrogen-bond acceptors (Lipinski definition) is 4. The lowest BCUT2D eigenvalue weighted by molar-refractivity contribution is 0.431. The summed E-state index contributed by atoms with van der Waals surface area (Å²) < 4.78 is 29.1. The van der Waals surface area contributed by atoms with Gasteiger partial charge < -0.3 is 10.0 Å². The monoisotopic (exact) mass is 585 g/mol. The van der Waals surface area contributed by atoms with Gasteiger partial charge in [0.2, 0.25) is 10.0 Å². The molecule has 0 aliphatic carbocycles. The van der Waals surface area contributed by atoms with Gasteiger partial charge in [0, 0.05) is 36.4 Å². The summed E-state index contributed by atoms with van der Waals surface area (Å²) >= 11 is 0. The van der Waals surface area contributed by atoms with Crippen LogP contribution in [0, 0.1) is 34.6 Å². The largest absolute Gasteiger partial charge is 0.409 e. The molecule has 7 heteroatoms. The summed E-state index contributed by atoms with van der Waals surface area (Å²) in [4.78, 5) is 2.84. The average molecular weight is 586 g/mol. The highest BCUT2D eigenvalue weighted by molar-refractivity contribution is 7.89. The lowest BCUT2D eigenvalue weighted by Gasteiger charge is -2.39. The summed E-state index contributed by atoms with van der Waals surface area (Å²) in [6, 6.07) is 28.9. The molecule has 2 heterocycles. The number of anilines is 2. The van der Waals surface area contributed by atoms with E-state index in [1.807, 2.05) is 19.1 Å². The van der Waals surface area contributed by atoms with Crippen molar-refractivity contribution in [3.63, 3.8) is 0 Å². The quantitative estimate of drug-likeness (QED) is 0.228. The zero-order chi connectivity index (χ0) is 30.0. The minimum atomic E-state index is -3.62. The fraction of sp³-hybridized carbons (Fsp3) is 0.222. The van der Waals surface area contributed by atoms with Gasteiger partial charge in [-0.05, 0) is 109 Å². The fourth-order valence-corrected chi connectivity index (χ4v) is 8.42. The van der Waals surface area contributed by atoms with Gasteiger partial charge >= 0.3 is 6.98 Å². The lowest BCUT2D eigenvalue weighted by Crippen LogP contribution is -2.57. The Balaban J connectivity index is 1.36. The van der Waals surface area contributed by atoms with E-state index in [2.05, 4.69) is 98.4 Å². The van der Waals surface area contributed by atoms with E-state index in [1.54, 1.807) is 16.4 Å². The first kappa shape index (κ1) is 27.7. The molecular formula is C36H36BN3O2S. The number of nitrogens with one attached hydrogen (secondary N) is 1. The van der Waals surface area contributed by atoms with Crippen molar-refractivity contribution in [1.82, 2.24) is 4.31 Å². The number of rotatable bonds is 5. The maximum atomic E-state index is 13.7. The van der Waals surface area contributed by atoms with Crippen molar-refractivity contribution < 1.29 is 8.42 Å². The molecule has 0 saturated heterocycles. The molecule has 216 valence electrons. The van der Waals surface area contributed by atoms with E-state index in [4.69, 9.17) is 0 Å². The number of hydrogen-bond donors (Lipinski definition) is 1. The molecule has 5 aromatic carbocycles. The third kappa shape index (κ3) is 4.53. The molecule has 0 radical (unpaired) electrons. The standard InChI is InChI=1S/C36H36BN3O2S/c1-23-14-16-30(17-15-23)43(41,42)39-21-31-25(3)26(4)36(27(5)32(31)22-39)37-38-33-13-9-12-29-18-24(2)19-34(35(29)33)40(37)20-28-10-7-6-8-11-28/h6-19,38H,20-22H2,1-5H3. The SMILES string of the molecule is Cc1ccc(S(=O)(=O)N2Cc3c(C)c(C)c(B4Nc5cccc6cc(C)cc(c56)N4Cc4ccccc4)c(C)c3C2)cc1. The summed E-state index contributed by atoms with van der Waals surface area (Å²) in [6.45, 7) is 12.1. The van der Waals surface area contributed by atoms with Crippen LogP contribution in [0.4, 0.5) is 11.4 Å². The second-order valence-corrected chi connectivity index (χ2v) is 14.1. The molecule has 0 saturated carbocycles. The van der Waals surface area contributed by atoms with Crippen molar-refractivity contribution in [2.75, 3.05) is 10.0 Å². The van der Waals surface area contributed by atoms with Gasteiger partial charge in [0.25, 0.3) is 0 Å².